The molecule has 2 heterocycles. The van der Waals surface area contributed by atoms with Gasteiger partial charge in [0, 0.05) is 30.3 Å². The molecule has 0 saturated carbocycles. The molecule has 0 aliphatic rings. The van der Waals surface area contributed by atoms with Crippen molar-refractivity contribution < 1.29 is 0 Å². The molecule has 0 spiro atoms. The maximum absolute atomic E-state index is 2.43. The SMILES string of the molecule is c1ccc2cc3c(-c4cc5ccc6ccccc6c5s4)c4ccccc4c(-c4cc5ccc6ccccc6c5s4)c3cc2c1. The van der Waals surface area contributed by atoms with E-state index in [1.54, 1.807) is 0 Å². The van der Waals surface area contributed by atoms with E-state index in [0.29, 0.717) is 0 Å². The zero-order chi connectivity index (χ0) is 28.8. The molecule has 44 heavy (non-hydrogen) atoms. The van der Waals surface area contributed by atoms with E-state index < -0.39 is 0 Å². The molecule has 0 amide bonds. The second-order valence-electron chi connectivity index (χ2n) is 11.7. The summed E-state index contributed by atoms with van der Waals surface area (Å²) in [6.07, 6.45) is 0. The highest BCUT2D eigenvalue weighted by atomic mass is 32.1. The highest BCUT2D eigenvalue weighted by molar-refractivity contribution is 7.24. The number of hydrogen-bond donors (Lipinski definition) is 0. The number of rotatable bonds is 2. The molecule has 0 bridgehead atoms. The number of fused-ring (bicyclic) bond motifs is 9. The lowest BCUT2D eigenvalue weighted by Crippen LogP contribution is -1.89. The highest BCUT2D eigenvalue weighted by Gasteiger charge is 2.21. The fourth-order valence-corrected chi connectivity index (χ4v) is 9.71. The predicted octanol–water partition coefficient (Wildman–Crippen LogP) is 13.2. The molecule has 0 unspecified atom stereocenters. The van der Waals surface area contributed by atoms with E-state index in [0.717, 1.165) is 0 Å². The zero-order valence-corrected chi connectivity index (χ0v) is 25.3. The van der Waals surface area contributed by atoms with Crippen LogP contribution in [0.25, 0.3) is 94.9 Å². The van der Waals surface area contributed by atoms with Crippen molar-refractivity contribution in [3.63, 3.8) is 0 Å². The average Bonchev–Trinajstić information content (AvgIpc) is 3.71. The number of thiophene rings is 2. The third-order valence-corrected chi connectivity index (χ3v) is 11.6. The Morgan fingerprint density at radius 2 is 0.636 bits per heavy atom. The van der Waals surface area contributed by atoms with E-state index in [2.05, 4.69) is 146 Å². The maximum atomic E-state index is 2.43. The molecule has 10 aromatic rings. The summed E-state index contributed by atoms with van der Waals surface area (Å²) in [7, 11) is 0. The summed E-state index contributed by atoms with van der Waals surface area (Å²) in [4.78, 5) is 2.64. The van der Waals surface area contributed by atoms with E-state index in [-0.39, 0.29) is 0 Å². The van der Waals surface area contributed by atoms with Crippen molar-refractivity contribution in [3.05, 3.63) is 146 Å². The van der Waals surface area contributed by atoms with Crippen LogP contribution < -0.4 is 0 Å². The van der Waals surface area contributed by atoms with Gasteiger partial charge in [-0.3, -0.25) is 0 Å². The van der Waals surface area contributed by atoms with E-state index in [1.807, 2.05) is 22.7 Å². The average molecular weight is 593 g/mol. The summed E-state index contributed by atoms with van der Waals surface area (Å²) in [5, 5.41) is 15.7. The normalized spacial score (nSPS) is 12.1. The molecule has 0 aliphatic carbocycles. The Balaban J connectivity index is 1.36. The molecular weight excluding hydrogens is 569 g/mol. The largest absolute Gasteiger partial charge is 0.135 e. The van der Waals surface area contributed by atoms with Crippen molar-refractivity contribution in [1.82, 2.24) is 0 Å². The van der Waals surface area contributed by atoms with Gasteiger partial charge >= 0.3 is 0 Å². The standard InChI is InChI=1S/C42H24S2/c1-2-12-28-22-36-35(21-27(28)11-1)39(37-23-29-19-17-25-9-3-5-13-31(25)41(29)43-37)33-15-7-8-16-34(33)40(36)38-24-30-20-18-26-10-4-6-14-32(26)42(30)44-38/h1-24H. The van der Waals surface area contributed by atoms with Gasteiger partial charge in [0.15, 0.2) is 0 Å². The summed E-state index contributed by atoms with van der Waals surface area (Å²) in [6, 6.07) is 54.1. The lowest BCUT2D eigenvalue weighted by atomic mass is 9.88. The van der Waals surface area contributed by atoms with Crippen molar-refractivity contribution in [2.45, 2.75) is 0 Å². The van der Waals surface area contributed by atoms with Gasteiger partial charge in [-0.05, 0) is 88.9 Å². The van der Waals surface area contributed by atoms with Crippen LogP contribution in [0.2, 0.25) is 0 Å². The molecular formula is C42H24S2. The van der Waals surface area contributed by atoms with Crippen molar-refractivity contribution in [2.24, 2.45) is 0 Å². The van der Waals surface area contributed by atoms with E-state index in [4.69, 9.17) is 0 Å². The van der Waals surface area contributed by atoms with Gasteiger partial charge in [0.05, 0.1) is 0 Å². The van der Waals surface area contributed by atoms with Crippen LogP contribution in [0.3, 0.4) is 0 Å². The molecule has 0 atom stereocenters. The maximum Gasteiger partial charge on any atom is 0.0427 e. The first-order valence-corrected chi connectivity index (χ1v) is 16.6. The zero-order valence-electron chi connectivity index (χ0n) is 23.7. The van der Waals surface area contributed by atoms with Gasteiger partial charge in [-0.25, -0.2) is 0 Å². The highest BCUT2D eigenvalue weighted by Crippen LogP contribution is 2.50. The van der Waals surface area contributed by atoms with Gasteiger partial charge in [0.2, 0.25) is 0 Å². The first-order valence-electron chi connectivity index (χ1n) is 15.0. The van der Waals surface area contributed by atoms with Gasteiger partial charge in [-0.2, -0.15) is 0 Å². The Bertz CT molecular complexity index is 2580. The Morgan fingerprint density at radius 1 is 0.273 bits per heavy atom. The van der Waals surface area contributed by atoms with E-state index in [9.17, 15) is 0 Å². The lowest BCUT2D eigenvalue weighted by Gasteiger charge is -2.16. The van der Waals surface area contributed by atoms with Gasteiger partial charge in [-0.15, -0.1) is 22.7 Å². The van der Waals surface area contributed by atoms with Crippen LogP contribution in [0.4, 0.5) is 0 Å². The van der Waals surface area contributed by atoms with Crippen molar-refractivity contribution in [3.8, 4) is 20.9 Å². The topological polar surface area (TPSA) is 0 Å². The van der Waals surface area contributed by atoms with Crippen LogP contribution in [0.1, 0.15) is 0 Å². The fourth-order valence-electron chi connectivity index (χ4n) is 7.18. The molecule has 10 rings (SSSR count). The van der Waals surface area contributed by atoms with Gasteiger partial charge in [0.1, 0.15) is 0 Å². The molecule has 2 aromatic heterocycles. The van der Waals surface area contributed by atoms with E-state index in [1.165, 1.54) is 94.9 Å². The minimum absolute atomic E-state index is 1.27. The van der Waals surface area contributed by atoms with Gasteiger partial charge in [-0.1, -0.05) is 121 Å². The molecule has 0 radical (unpaired) electrons. The molecule has 2 heteroatoms. The van der Waals surface area contributed by atoms with Crippen LogP contribution >= 0.6 is 22.7 Å². The molecule has 0 nitrogen and oxygen atoms in total. The van der Waals surface area contributed by atoms with E-state index >= 15 is 0 Å². The second kappa shape index (κ2) is 9.24. The van der Waals surface area contributed by atoms with Gasteiger partial charge in [0.25, 0.3) is 0 Å². The monoisotopic (exact) mass is 592 g/mol. The Morgan fingerprint density at radius 3 is 1.09 bits per heavy atom. The summed E-state index contributed by atoms with van der Waals surface area (Å²) in [6.45, 7) is 0. The van der Waals surface area contributed by atoms with Crippen LogP contribution in [0.15, 0.2) is 146 Å². The Labute approximate surface area is 262 Å². The number of benzene rings is 8. The minimum atomic E-state index is 1.27. The first kappa shape index (κ1) is 24.4. The predicted molar refractivity (Wildman–Crippen MR) is 196 cm³/mol. The molecule has 8 aromatic carbocycles. The summed E-state index contributed by atoms with van der Waals surface area (Å²) in [5.74, 6) is 0. The molecule has 0 saturated heterocycles. The minimum Gasteiger partial charge on any atom is -0.135 e. The van der Waals surface area contributed by atoms with Crippen molar-refractivity contribution in [1.29, 1.82) is 0 Å². The van der Waals surface area contributed by atoms with Crippen LogP contribution in [-0.4, -0.2) is 0 Å². The van der Waals surface area contributed by atoms with Crippen molar-refractivity contribution >= 4 is 96.7 Å². The Hall–Kier alpha value is -5.02. The number of hydrogen-bond acceptors (Lipinski definition) is 2. The van der Waals surface area contributed by atoms with Crippen molar-refractivity contribution in [2.75, 3.05) is 0 Å². The molecule has 0 fully saturated rings. The third-order valence-electron chi connectivity index (χ3n) is 9.20. The fraction of sp³-hybridized carbons (Fsp3) is 0. The Kier molecular flexibility index (Phi) is 5.13. The molecule has 0 N–H and O–H groups in total. The summed E-state index contributed by atoms with van der Waals surface area (Å²) < 4.78 is 2.72. The van der Waals surface area contributed by atoms with Crippen LogP contribution in [0.5, 0.6) is 0 Å². The lowest BCUT2D eigenvalue weighted by molar-refractivity contribution is 1.76. The quantitative estimate of drug-likeness (QED) is 0.175. The second-order valence-corrected chi connectivity index (χ2v) is 13.8. The third kappa shape index (κ3) is 3.50. The summed E-state index contributed by atoms with van der Waals surface area (Å²) in [5.41, 5.74) is 2.67. The first-order chi connectivity index (χ1) is 21.8. The summed E-state index contributed by atoms with van der Waals surface area (Å²) >= 11 is 3.85. The van der Waals surface area contributed by atoms with Crippen LogP contribution in [-0.2, 0) is 0 Å². The van der Waals surface area contributed by atoms with Crippen LogP contribution in [0, 0.1) is 0 Å². The molecule has 0 aliphatic heterocycles. The smallest absolute Gasteiger partial charge is 0.0427 e. The molecule has 204 valence electrons. The van der Waals surface area contributed by atoms with Gasteiger partial charge < -0.3 is 0 Å².